The lowest BCUT2D eigenvalue weighted by Crippen LogP contribution is -2.41. The zero-order valence-electron chi connectivity index (χ0n) is 18.5. The molecular formula is C23H32N4O4. The average Bonchev–Trinajstić information content (AvgIpc) is 3.26. The summed E-state index contributed by atoms with van der Waals surface area (Å²) >= 11 is 0. The second kappa shape index (κ2) is 10.3. The monoisotopic (exact) mass is 428 g/mol. The second-order valence-corrected chi connectivity index (χ2v) is 9.11. The van der Waals surface area contributed by atoms with Gasteiger partial charge in [-0.1, -0.05) is 20.8 Å². The molecule has 0 aliphatic carbocycles. The van der Waals surface area contributed by atoms with Crippen molar-refractivity contribution < 1.29 is 19.2 Å². The van der Waals surface area contributed by atoms with Crippen molar-refractivity contribution in [3.8, 4) is 5.75 Å². The SMILES string of the molecule is CC(C)(C)CCNC(=O)c1ccc(OC(=O)N2CCC(COn3ccnc3)CC2)cc1. The molecule has 2 aromatic rings. The minimum Gasteiger partial charge on any atom is -0.413 e. The first-order valence-electron chi connectivity index (χ1n) is 10.8. The Balaban J connectivity index is 1.40. The Labute approximate surface area is 183 Å². The fraction of sp³-hybridized carbons (Fsp3) is 0.522. The summed E-state index contributed by atoms with van der Waals surface area (Å²) in [4.78, 5) is 36.0. The summed E-state index contributed by atoms with van der Waals surface area (Å²) in [6, 6.07) is 6.66. The number of hydrogen-bond acceptors (Lipinski definition) is 5. The molecule has 2 heterocycles. The van der Waals surface area contributed by atoms with Crippen LogP contribution in [0.4, 0.5) is 4.79 Å². The molecule has 8 heteroatoms. The van der Waals surface area contributed by atoms with Crippen LogP contribution in [0, 0.1) is 11.3 Å². The zero-order valence-corrected chi connectivity index (χ0v) is 18.5. The Morgan fingerprint density at radius 3 is 2.48 bits per heavy atom. The lowest BCUT2D eigenvalue weighted by atomic mass is 9.92. The van der Waals surface area contributed by atoms with E-state index in [0.717, 1.165) is 19.3 Å². The normalized spacial score (nSPS) is 14.9. The van der Waals surface area contributed by atoms with Gasteiger partial charge in [-0.15, -0.1) is 0 Å². The number of amides is 2. The van der Waals surface area contributed by atoms with Crippen LogP contribution >= 0.6 is 0 Å². The first-order valence-corrected chi connectivity index (χ1v) is 10.8. The van der Waals surface area contributed by atoms with Crippen molar-refractivity contribution in [2.24, 2.45) is 11.3 Å². The van der Waals surface area contributed by atoms with Crippen LogP contribution < -0.4 is 14.9 Å². The zero-order chi connectivity index (χ0) is 22.3. The van der Waals surface area contributed by atoms with Gasteiger partial charge in [-0.3, -0.25) is 4.79 Å². The molecule has 0 unspecified atom stereocenters. The van der Waals surface area contributed by atoms with Gasteiger partial charge in [-0.25, -0.2) is 9.78 Å². The van der Waals surface area contributed by atoms with Crippen LogP contribution in [-0.4, -0.2) is 52.9 Å². The third-order valence-corrected chi connectivity index (χ3v) is 5.29. The summed E-state index contributed by atoms with van der Waals surface area (Å²) in [5, 5.41) is 2.92. The maximum absolute atomic E-state index is 12.5. The number of rotatable bonds is 7. The summed E-state index contributed by atoms with van der Waals surface area (Å²) in [6.07, 6.45) is 7.30. The Bertz CT molecular complexity index is 835. The maximum Gasteiger partial charge on any atom is 0.415 e. The highest BCUT2D eigenvalue weighted by atomic mass is 16.7. The summed E-state index contributed by atoms with van der Waals surface area (Å²) in [5.41, 5.74) is 0.722. The minimum absolute atomic E-state index is 0.123. The van der Waals surface area contributed by atoms with E-state index in [1.165, 1.54) is 0 Å². The molecule has 1 aliphatic heterocycles. The quantitative estimate of drug-likeness (QED) is 0.731. The molecule has 0 atom stereocenters. The van der Waals surface area contributed by atoms with Gasteiger partial charge in [-0.05, 0) is 54.9 Å². The number of carbonyl (C=O) groups is 2. The molecule has 8 nitrogen and oxygen atoms in total. The number of ether oxygens (including phenoxy) is 1. The van der Waals surface area contributed by atoms with E-state index in [-0.39, 0.29) is 17.4 Å². The van der Waals surface area contributed by atoms with Crippen molar-refractivity contribution in [1.29, 1.82) is 0 Å². The van der Waals surface area contributed by atoms with Gasteiger partial charge in [0, 0.05) is 31.4 Å². The van der Waals surface area contributed by atoms with E-state index in [9.17, 15) is 9.59 Å². The van der Waals surface area contributed by atoms with E-state index in [2.05, 4.69) is 31.1 Å². The highest BCUT2D eigenvalue weighted by Crippen LogP contribution is 2.20. The molecule has 0 spiro atoms. The van der Waals surface area contributed by atoms with Gasteiger partial charge in [0.1, 0.15) is 18.7 Å². The van der Waals surface area contributed by atoms with Crippen molar-refractivity contribution in [2.75, 3.05) is 26.2 Å². The number of piperidine rings is 1. The third-order valence-electron chi connectivity index (χ3n) is 5.29. The molecule has 1 fully saturated rings. The largest absolute Gasteiger partial charge is 0.415 e. The fourth-order valence-electron chi connectivity index (χ4n) is 3.29. The topological polar surface area (TPSA) is 85.7 Å². The maximum atomic E-state index is 12.5. The van der Waals surface area contributed by atoms with Gasteiger partial charge < -0.3 is 19.8 Å². The van der Waals surface area contributed by atoms with Crippen molar-refractivity contribution >= 4 is 12.0 Å². The predicted molar refractivity (Wildman–Crippen MR) is 117 cm³/mol. The van der Waals surface area contributed by atoms with E-state index < -0.39 is 0 Å². The Kier molecular flexibility index (Phi) is 7.55. The number of nitrogens with one attached hydrogen (secondary N) is 1. The lowest BCUT2D eigenvalue weighted by Gasteiger charge is -2.30. The molecule has 1 aromatic heterocycles. The van der Waals surface area contributed by atoms with Crippen LogP contribution in [0.5, 0.6) is 5.75 Å². The van der Waals surface area contributed by atoms with Gasteiger partial charge >= 0.3 is 6.09 Å². The van der Waals surface area contributed by atoms with Crippen molar-refractivity contribution in [3.63, 3.8) is 0 Å². The minimum atomic E-state index is -0.364. The number of aromatic nitrogens is 2. The number of carbonyl (C=O) groups excluding carboxylic acids is 2. The van der Waals surface area contributed by atoms with Gasteiger partial charge in [0.05, 0.1) is 6.20 Å². The molecule has 3 rings (SSSR count). The summed E-state index contributed by atoms with van der Waals surface area (Å²) in [5.74, 6) is 0.700. The highest BCUT2D eigenvalue weighted by molar-refractivity contribution is 5.94. The highest BCUT2D eigenvalue weighted by Gasteiger charge is 2.25. The van der Waals surface area contributed by atoms with E-state index in [1.807, 2.05) is 0 Å². The molecule has 1 N–H and O–H groups in total. The van der Waals surface area contributed by atoms with E-state index in [0.29, 0.717) is 43.5 Å². The molecular weight excluding hydrogens is 396 g/mol. The van der Waals surface area contributed by atoms with Crippen LogP contribution in [0.15, 0.2) is 43.0 Å². The number of imidazole rings is 1. The Morgan fingerprint density at radius 2 is 1.87 bits per heavy atom. The lowest BCUT2D eigenvalue weighted by molar-refractivity contribution is 0.0541. The van der Waals surface area contributed by atoms with E-state index >= 15 is 0 Å². The van der Waals surface area contributed by atoms with Crippen LogP contribution in [0.3, 0.4) is 0 Å². The Morgan fingerprint density at radius 1 is 1.16 bits per heavy atom. The van der Waals surface area contributed by atoms with Crippen LogP contribution in [-0.2, 0) is 0 Å². The van der Waals surface area contributed by atoms with E-state index in [4.69, 9.17) is 9.57 Å². The van der Waals surface area contributed by atoms with Crippen LogP contribution in [0.1, 0.15) is 50.4 Å². The van der Waals surface area contributed by atoms with Crippen LogP contribution in [0.25, 0.3) is 0 Å². The average molecular weight is 429 g/mol. The molecule has 1 aromatic carbocycles. The summed E-state index contributed by atoms with van der Waals surface area (Å²) in [7, 11) is 0. The van der Waals surface area contributed by atoms with Gasteiger partial charge in [0.25, 0.3) is 5.91 Å². The van der Waals surface area contributed by atoms with E-state index in [1.54, 1.807) is 52.6 Å². The standard InChI is InChI=1S/C23H32N4O4/c1-23(2,3)10-11-25-21(28)19-4-6-20(7-5-19)31-22(29)26-13-8-18(9-14-26)16-30-27-15-12-24-17-27/h4-7,12,15,17-18H,8-11,13-14,16H2,1-3H3,(H,25,28). The summed E-state index contributed by atoms with van der Waals surface area (Å²) in [6.45, 7) is 8.90. The molecule has 0 bridgehead atoms. The number of nitrogens with zero attached hydrogens (tertiary/aromatic N) is 3. The predicted octanol–water partition coefficient (Wildman–Crippen LogP) is 3.39. The molecule has 2 amide bonds. The van der Waals surface area contributed by atoms with Crippen molar-refractivity contribution in [1.82, 2.24) is 19.9 Å². The first kappa shape index (κ1) is 22.7. The molecule has 0 radical (unpaired) electrons. The Hall–Kier alpha value is -3.03. The van der Waals surface area contributed by atoms with Gasteiger partial charge in [-0.2, -0.15) is 4.73 Å². The van der Waals surface area contributed by atoms with Gasteiger partial charge in [0.15, 0.2) is 0 Å². The number of benzene rings is 1. The molecule has 0 saturated carbocycles. The van der Waals surface area contributed by atoms with Crippen LogP contribution in [0.2, 0.25) is 0 Å². The summed E-state index contributed by atoms with van der Waals surface area (Å²) < 4.78 is 7.07. The number of hydrogen-bond donors (Lipinski definition) is 1. The molecule has 31 heavy (non-hydrogen) atoms. The van der Waals surface area contributed by atoms with Crippen molar-refractivity contribution in [2.45, 2.75) is 40.0 Å². The fourth-order valence-corrected chi connectivity index (χ4v) is 3.29. The van der Waals surface area contributed by atoms with Gasteiger partial charge in [0.2, 0.25) is 0 Å². The van der Waals surface area contributed by atoms with Crippen molar-refractivity contribution in [3.05, 3.63) is 48.5 Å². The molecule has 168 valence electrons. The smallest absolute Gasteiger partial charge is 0.413 e. The first-order chi connectivity index (χ1) is 14.8. The molecule has 1 saturated heterocycles. The molecule has 1 aliphatic rings. The second-order valence-electron chi connectivity index (χ2n) is 9.11. The third kappa shape index (κ3) is 7.31. The number of likely N-dealkylation sites (tertiary alicyclic amines) is 1.